The highest BCUT2D eigenvalue weighted by Gasteiger charge is 2.39. The van der Waals surface area contributed by atoms with Crippen LogP contribution in [0.4, 0.5) is 0 Å². The lowest BCUT2D eigenvalue weighted by Crippen LogP contribution is -2.13. The molecule has 3 aromatic rings. The van der Waals surface area contributed by atoms with E-state index in [1.165, 1.54) is 130 Å². The number of phenols is 3. The van der Waals surface area contributed by atoms with Gasteiger partial charge in [0, 0.05) is 14.7 Å². The van der Waals surface area contributed by atoms with Gasteiger partial charge in [0.15, 0.2) is 0 Å². The van der Waals surface area contributed by atoms with Crippen molar-refractivity contribution in [3.05, 3.63) is 69.8 Å². The molecule has 0 amide bonds. The Labute approximate surface area is 363 Å². The molecule has 0 atom stereocenters. The number of aromatic hydroxyl groups is 3. The zero-order valence-electron chi connectivity index (χ0n) is 36.3. The first-order chi connectivity index (χ1) is 28.9. The van der Waals surface area contributed by atoms with Crippen LogP contribution >= 0.6 is 19.9 Å². The fourth-order valence-corrected chi connectivity index (χ4v) is 16.6. The van der Waals surface area contributed by atoms with Crippen molar-refractivity contribution in [2.45, 2.75) is 243 Å². The highest BCUT2D eigenvalue weighted by molar-refractivity contribution is 8.51. The largest absolute Gasteiger partial charge is 0.507 e. The smallest absolute Gasteiger partial charge is 0.122 e. The van der Waals surface area contributed by atoms with E-state index < -0.39 is 9.24 Å². The first-order valence-corrected chi connectivity index (χ1v) is 27.5. The van der Waals surface area contributed by atoms with E-state index in [2.05, 4.69) is 36.4 Å². The van der Waals surface area contributed by atoms with Gasteiger partial charge in [0.2, 0.25) is 0 Å². The molecule has 6 fully saturated rings. The Morgan fingerprint density at radius 2 is 0.441 bits per heavy atom. The van der Waals surface area contributed by atoms with E-state index in [4.69, 9.17) is 10.7 Å². The number of rotatable bonds is 9. The van der Waals surface area contributed by atoms with Crippen LogP contribution in [-0.4, -0.2) is 15.3 Å². The summed E-state index contributed by atoms with van der Waals surface area (Å²) in [6, 6.07) is 14.3. The number of benzene rings is 3. The zero-order valence-corrected chi connectivity index (χ0v) is 37.8. The first kappa shape index (κ1) is 42.0. The van der Waals surface area contributed by atoms with Gasteiger partial charge in [0.1, 0.15) is 17.2 Å². The van der Waals surface area contributed by atoms with E-state index in [1.54, 1.807) is 0 Å². The predicted molar refractivity (Wildman–Crippen MR) is 248 cm³/mol. The molecule has 3 N–H and O–H groups in total. The summed E-state index contributed by atoms with van der Waals surface area (Å²) in [7, 11) is 6.52. The minimum atomic E-state index is -2.45. The lowest BCUT2D eigenvalue weighted by atomic mass is 9.79. The summed E-state index contributed by atoms with van der Waals surface area (Å²) in [6.07, 6.45) is 35.7. The van der Waals surface area contributed by atoms with E-state index in [-0.39, 0.29) is 0 Å². The molecule has 0 spiro atoms. The molecule has 0 saturated heterocycles. The average molecular weight is 840 g/mol. The fourth-order valence-electron chi connectivity index (χ4n) is 13.2. The zero-order chi connectivity index (χ0) is 40.3. The summed E-state index contributed by atoms with van der Waals surface area (Å²) in [5.41, 5.74) is 6.82. The maximum absolute atomic E-state index is 12.5. The monoisotopic (exact) mass is 839 g/mol. The van der Waals surface area contributed by atoms with E-state index in [9.17, 15) is 15.3 Å². The fraction of sp³-hybridized carbons (Fsp3) is 0.667. The van der Waals surface area contributed by atoms with Gasteiger partial charge >= 0.3 is 0 Å². The number of phenolic OH excluding ortho intramolecular Hbond substituents is 3. The Morgan fingerprint density at radius 1 is 0.288 bits per heavy atom. The molecule has 3 aromatic carbocycles. The highest BCUT2D eigenvalue weighted by Crippen LogP contribution is 2.75. The molecule has 9 rings (SSSR count). The van der Waals surface area contributed by atoms with Crippen LogP contribution in [0.3, 0.4) is 0 Å². The van der Waals surface area contributed by atoms with E-state index in [0.29, 0.717) is 52.8 Å². The summed E-state index contributed by atoms with van der Waals surface area (Å²) >= 11 is 0. The molecule has 0 bridgehead atoms. The van der Waals surface area contributed by atoms with Crippen LogP contribution in [0, 0.1) is 0 Å². The second kappa shape index (κ2) is 19.0. The SMILES string of the molecule is Oc1c(C2CCCCC2)cc(S(Cl)(c2cc(C3CCCCC3)c(O)c(C3CCCCC3)c2)c2cc(C3CCCCC3)c(O)c(C3CCCCC3)c2)cc1C1CCCCC1. The minimum Gasteiger partial charge on any atom is -0.507 e. The molecule has 6 aliphatic rings. The van der Waals surface area contributed by atoms with Crippen molar-refractivity contribution < 1.29 is 15.3 Å². The van der Waals surface area contributed by atoms with E-state index >= 15 is 0 Å². The summed E-state index contributed by atoms with van der Waals surface area (Å²) in [6.45, 7) is 0. The van der Waals surface area contributed by atoms with Gasteiger partial charge in [-0.3, -0.25) is 0 Å². The van der Waals surface area contributed by atoms with Crippen LogP contribution < -0.4 is 0 Å². The normalized spacial score (nSPS) is 23.4. The third-order valence-corrected chi connectivity index (χ3v) is 20.9. The van der Waals surface area contributed by atoms with E-state index in [1.807, 2.05) is 0 Å². The molecule has 322 valence electrons. The molecule has 6 saturated carbocycles. The van der Waals surface area contributed by atoms with Crippen molar-refractivity contribution in [1.82, 2.24) is 0 Å². The second-order valence-corrected chi connectivity index (χ2v) is 24.3. The van der Waals surface area contributed by atoms with Gasteiger partial charge in [-0.2, -0.15) is 0 Å². The summed E-state index contributed by atoms with van der Waals surface area (Å²) in [4.78, 5) is 3.51. The van der Waals surface area contributed by atoms with Crippen LogP contribution in [0.25, 0.3) is 0 Å². The van der Waals surface area contributed by atoms with Crippen LogP contribution in [0.5, 0.6) is 17.2 Å². The maximum Gasteiger partial charge on any atom is 0.122 e. The van der Waals surface area contributed by atoms with Crippen molar-refractivity contribution in [3.63, 3.8) is 0 Å². The van der Waals surface area contributed by atoms with Gasteiger partial charge in [-0.1, -0.05) is 135 Å². The Morgan fingerprint density at radius 3 is 0.593 bits per heavy atom. The summed E-state index contributed by atoms with van der Waals surface area (Å²) in [5.74, 6) is 3.73. The van der Waals surface area contributed by atoms with Crippen molar-refractivity contribution in [2.24, 2.45) is 0 Å². The molecule has 0 radical (unpaired) electrons. The van der Waals surface area contributed by atoms with Crippen molar-refractivity contribution in [2.75, 3.05) is 0 Å². The third kappa shape index (κ3) is 8.72. The number of hydrogen-bond donors (Lipinski definition) is 3. The molecular formula is C54H75ClO3S. The molecule has 6 aliphatic carbocycles. The standard InChI is InChI=1S/C54H75ClO3S/c55-59(43-31-46(37-19-7-1-8-20-37)52(56)47(32-43)38-21-9-2-10-22-38,44-33-48(39-23-11-3-12-24-39)53(57)49(34-44)40-25-13-4-14-26-40)45-35-50(41-27-15-5-16-28-41)54(58)51(36-45)42-29-17-6-18-30-42/h31-42,56-58H,1-30H2. The van der Waals surface area contributed by atoms with Crippen LogP contribution in [0.2, 0.25) is 0 Å². The van der Waals surface area contributed by atoms with Crippen molar-refractivity contribution in [1.29, 1.82) is 0 Å². The Kier molecular flexibility index (Phi) is 13.5. The van der Waals surface area contributed by atoms with Gasteiger partial charge in [-0.15, -0.1) is 0 Å². The Bertz CT molecular complexity index is 1550. The minimum absolute atomic E-state index is 0.345. The quantitative estimate of drug-likeness (QED) is 0.201. The highest BCUT2D eigenvalue weighted by atomic mass is 35.7. The maximum atomic E-state index is 12.5. The molecule has 0 heterocycles. The third-order valence-electron chi connectivity index (χ3n) is 16.7. The molecular weight excluding hydrogens is 764 g/mol. The van der Waals surface area contributed by atoms with Crippen molar-refractivity contribution >= 4 is 19.9 Å². The number of halogens is 1. The van der Waals surface area contributed by atoms with Crippen LogP contribution in [-0.2, 0) is 0 Å². The molecule has 0 unspecified atom stereocenters. The van der Waals surface area contributed by atoms with Gasteiger partial charge in [-0.25, -0.2) is 0 Å². The summed E-state index contributed by atoms with van der Waals surface area (Å²) in [5, 5.41) is 37.4. The van der Waals surface area contributed by atoms with Gasteiger partial charge in [0.05, 0.1) is 0 Å². The Hall–Kier alpha value is -2.30. The van der Waals surface area contributed by atoms with Gasteiger partial charge < -0.3 is 15.3 Å². The van der Waals surface area contributed by atoms with Crippen LogP contribution in [0.15, 0.2) is 51.1 Å². The first-order valence-electron chi connectivity index (χ1n) is 25.0. The topological polar surface area (TPSA) is 60.7 Å². The molecule has 59 heavy (non-hydrogen) atoms. The average Bonchev–Trinajstić information content (AvgIpc) is 3.30. The molecule has 0 aromatic heterocycles. The lowest BCUT2D eigenvalue weighted by molar-refractivity contribution is 0.392. The van der Waals surface area contributed by atoms with Crippen LogP contribution in [0.1, 0.15) is 262 Å². The van der Waals surface area contributed by atoms with E-state index in [0.717, 1.165) is 110 Å². The van der Waals surface area contributed by atoms with Crippen molar-refractivity contribution in [3.8, 4) is 17.2 Å². The predicted octanol–water partition coefficient (Wildman–Crippen LogP) is 17.5. The molecule has 3 nitrogen and oxygen atoms in total. The lowest BCUT2D eigenvalue weighted by Gasteiger charge is -2.40. The second-order valence-electron chi connectivity index (χ2n) is 20.4. The Balaban J connectivity index is 1.33. The summed E-state index contributed by atoms with van der Waals surface area (Å²) < 4.78 is 0. The van der Waals surface area contributed by atoms with Gasteiger partial charge in [0.25, 0.3) is 0 Å². The molecule has 0 aliphatic heterocycles. The van der Waals surface area contributed by atoms with Gasteiger partial charge in [-0.05, 0) is 182 Å². The number of hydrogen-bond acceptors (Lipinski definition) is 3. The molecule has 5 heteroatoms.